The molecule has 1 aromatic rings. The zero-order chi connectivity index (χ0) is 13.0. The Bertz CT molecular complexity index is 399. The van der Waals surface area contributed by atoms with Crippen LogP contribution in [-0.2, 0) is 4.79 Å². The summed E-state index contributed by atoms with van der Waals surface area (Å²) >= 11 is 1.82. The molecular weight excluding hydrogens is 244 g/mol. The standard InChI is InChI=1S/C14H20N2OS/c1-10(2)18-13-7-5-12(6-8-13)16-14(17)9-15-11-3-4-11/h5-8,10-11,15H,3-4,9H2,1-2H3,(H,16,17). The molecule has 0 aliphatic heterocycles. The van der Waals surface area contributed by atoms with Gasteiger partial charge in [0.25, 0.3) is 0 Å². The molecule has 1 amide bonds. The highest BCUT2D eigenvalue weighted by Gasteiger charge is 2.21. The highest BCUT2D eigenvalue weighted by Crippen LogP contribution is 2.24. The summed E-state index contributed by atoms with van der Waals surface area (Å²) < 4.78 is 0. The lowest BCUT2D eigenvalue weighted by molar-refractivity contribution is -0.115. The molecule has 1 saturated carbocycles. The molecule has 0 unspecified atom stereocenters. The van der Waals surface area contributed by atoms with Crippen LogP contribution >= 0.6 is 11.8 Å². The van der Waals surface area contributed by atoms with Gasteiger partial charge in [-0.3, -0.25) is 4.79 Å². The van der Waals surface area contributed by atoms with Gasteiger partial charge in [-0.2, -0.15) is 0 Å². The first-order valence-electron chi connectivity index (χ1n) is 6.43. The van der Waals surface area contributed by atoms with Crippen LogP contribution in [0, 0.1) is 0 Å². The Hall–Kier alpha value is -1.00. The maximum atomic E-state index is 11.6. The van der Waals surface area contributed by atoms with E-state index in [-0.39, 0.29) is 5.91 Å². The fourth-order valence-electron chi connectivity index (χ4n) is 1.62. The molecule has 2 rings (SSSR count). The minimum Gasteiger partial charge on any atom is -0.325 e. The molecular formula is C14H20N2OS. The number of hydrogen-bond acceptors (Lipinski definition) is 3. The fourth-order valence-corrected chi connectivity index (χ4v) is 2.46. The van der Waals surface area contributed by atoms with Crippen molar-refractivity contribution >= 4 is 23.4 Å². The van der Waals surface area contributed by atoms with Gasteiger partial charge in [-0.1, -0.05) is 13.8 Å². The molecule has 3 nitrogen and oxygen atoms in total. The maximum Gasteiger partial charge on any atom is 0.238 e. The van der Waals surface area contributed by atoms with Gasteiger partial charge in [-0.25, -0.2) is 0 Å². The van der Waals surface area contributed by atoms with Crippen LogP contribution < -0.4 is 10.6 Å². The monoisotopic (exact) mass is 264 g/mol. The fraction of sp³-hybridized carbons (Fsp3) is 0.500. The third-order valence-electron chi connectivity index (χ3n) is 2.64. The molecule has 98 valence electrons. The third kappa shape index (κ3) is 4.70. The Balaban J connectivity index is 1.79. The van der Waals surface area contributed by atoms with E-state index in [0.29, 0.717) is 17.8 Å². The minimum absolute atomic E-state index is 0.0335. The SMILES string of the molecule is CC(C)Sc1ccc(NC(=O)CNC2CC2)cc1. The first-order valence-corrected chi connectivity index (χ1v) is 7.31. The molecule has 0 saturated heterocycles. The normalized spacial score (nSPS) is 14.8. The summed E-state index contributed by atoms with van der Waals surface area (Å²) in [6.07, 6.45) is 2.41. The summed E-state index contributed by atoms with van der Waals surface area (Å²) in [6.45, 7) is 4.75. The Morgan fingerprint density at radius 1 is 1.33 bits per heavy atom. The summed E-state index contributed by atoms with van der Waals surface area (Å²) in [6, 6.07) is 8.59. The van der Waals surface area contributed by atoms with Crippen LogP contribution in [0.25, 0.3) is 0 Å². The van der Waals surface area contributed by atoms with Crippen molar-refractivity contribution in [3.63, 3.8) is 0 Å². The number of carbonyl (C=O) groups excluding carboxylic acids is 1. The van der Waals surface area contributed by atoms with E-state index < -0.39 is 0 Å². The van der Waals surface area contributed by atoms with E-state index in [1.807, 2.05) is 23.9 Å². The topological polar surface area (TPSA) is 41.1 Å². The van der Waals surface area contributed by atoms with Crippen LogP contribution in [0.1, 0.15) is 26.7 Å². The summed E-state index contributed by atoms with van der Waals surface area (Å²) in [7, 11) is 0. The Labute approximate surface area is 113 Å². The van der Waals surface area contributed by atoms with Crippen molar-refractivity contribution < 1.29 is 4.79 Å². The van der Waals surface area contributed by atoms with Gasteiger partial charge < -0.3 is 10.6 Å². The molecule has 1 aliphatic carbocycles. The minimum atomic E-state index is 0.0335. The zero-order valence-electron chi connectivity index (χ0n) is 10.9. The summed E-state index contributed by atoms with van der Waals surface area (Å²) in [5, 5.41) is 6.67. The van der Waals surface area contributed by atoms with Crippen LogP contribution in [0.4, 0.5) is 5.69 Å². The number of amides is 1. The second-order valence-corrected chi connectivity index (χ2v) is 6.54. The summed E-state index contributed by atoms with van der Waals surface area (Å²) in [4.78, 5) is 12.9. The Kier molecular flexibility index (Phi) is 4.66. The molecule has 4 heteroatoms. The number of hydrogen-bond donors (Lipinski definition) is 2. The molecule has 0 spiro atoms. The van der Waals surface area contributed by atoms with Crippen molar-refractivity contribution in [2.45, 2.75) is 42.9 Å². The third-order valence-corrected chi connectivity index (χ3v) is 3.65. The Morgan fingerprint density at radius 3 is 2.56 bits per heavy atom. The van der Waals surface area contributed by atoms with Gasteiger partial charge in [0.1, 0.15) is 0 Å². The van der Waals surface area contributed by atoms with Crippen LogP contribution in [0.2, 0.25) is 0 Å². The smallest absolute Gasteiger partial charge is 0.238 e. The van der Waals surface area contributed by atoms with E-state index >= 15 is 0 Å². The van der Waals surface area contributed by atoms with E-state index in [0.717, 1.165) is 5.69 Å². The lowest BCUT2D eigenvalue weighted by atomic mass is 10.3. The second kappa shape index (κ2) is 6.25. The van der Waals surface area contributed by atoms with Gasteiger partial charge >= 0.3 is 0 Å². The number of carbonyl (C=O) groups is 1. The average molecular weight is 264 g/mol. The molecule has 1 aliphatic rings. The van der Waals surface area contributed by atoms with Crippen molar-refractivity contribution in [1.82, 2.24) is 5.32 Å². The van der Waals surface area contributed by atoms with Gasteiger partial charge in [-0.15, -0.1) is 11.8 Å². The lowest BCUT2D eigenvalue weighted by Crippen LogP contribution is -2.29. The maximum absolute atomic E-state index is 11.6. The molecule has 1 aromatic carbocycles. The van der Waals surface area contributed by atoms with Crippen LogP contribution in [0.3, 0.4) is 0 Å². The molecule has 0 radical (unpaired) electrons. The quantitative estimate of drug-likeness (QED) is 0.776. The molecule has 0 aromatic heterocycles. The van der Waals surface area contributed by atoms with E-state index in [9.17, 15) is 4.79 Å². The first kappa shape index (κ1) is 13.4. The van der Waals surface area contributed by atoms with Gasteiger partial charge in [0, 0.05) is 21.9 Å². The first-order chi connectivity index (χ1) is 8.63. The number of rotatable bonds is 6. The van der Waals surface area contributed by atoms with Crippen LogP contribution in [0.5, 0.6) is 0 Å². The number of thioether (sulfide) groups is 1. The largest absolute Gasteiger partial charge is 0.325 e. The van der Waals surface area contributed by atoms with Crippen LogP contribution in [0.15, 0.2) is 29.2 Å². The van der Waals surface area contributed by atoms with Gasteiger partial charge in [-0.05, 0) is 37.1 Å². The second-order valence-electron chi connectivity index (χ2n) is 4.89. The van der Waals surface area contributed by atoms with E-state index in [4.69, 9.17) is 0 Å². The molecule has 0 atom stereocenters. The number of anilines is 1. The summed E-state index contributed by atoms with van der Waals surface area (Å²) in [5.41, 5.74) is 0.866. The number of benzene rings is 1. The van der Waals surface area contributed by atoms with Crippen LogP contribution in [-0.4, -0.2) is 23.7 Å². The van der Waals surface area contributed by atoms with Crippen molar-refractivity contribution in [2.75, 3.05) is 11.9 Å². The van der Waals surface area contributed by atoms with Gasteiger partial charge in [0.05, 0.1) is 6.54 Å². The zero-order valence-corrected chi connectivity index (χ0v) is 11.7. The van der Waals surface area contributed by atoms with Crippen molar-refractivity contribution in [2.24, 2.45) is 0 Å². The lowest BCUT2D eigenvalue weighted by Gasteiger charge is -2.08. The van der Waals surface area contributed by atoms with Crippen molar-refractivity contribution in [1.29, 1.82) is 0 Å². The molecule has 18 heavy (non-hydrogen) atoms. The predicted octanol–water partition coefficient (Wildman–Crippen LogP) is 2.88. The van der Waals surface area contributed by atoms with Gasteiger partial charge in [0.15, 0.2) is 0 Å². The summed E-state index contributed by atoms with van der Waals surface area (Å²) in [5.74, 6) is 0.0335. The van der Waals surface area contributed by atoms with E-state index in [1.54, 1.807) is 0 Å². The molecule has 0 heterocycles. The predicted molar refractivity (Wildman–Crippen MR) is 77.1 cm³/mol. The van der Waals surface area contributed by atoms with Crippen molar-refractivity contribution in [3.8, 4) is 0 Å². The molecule has 0 bridgehead atoms. The molecule has 1 fully saturated rings. The van der Waals surface area contributed by atoms with Gasteiger partial charge in [0.2, 0.25) is 5.91 Å². The molecule has 2 N–H and O–H groups in total. The highest BCUT2D eigenvalue weighted by atomic mass is 32.2. The van der Waals surface area contributed by atoms with E-state index in [2.05, 4.69) is 36.6 Å². The average Bonchev–Trinajstić information content (AvgIpc) is 3.12. The highest BCUT2D eigenvalue weighted by molar-refractivity contribution is 7.99. The van der Waals surface area contributed by atoms with Crippen molar-refractivity contribution in [3.05, 3.63) is 24.3 Å². The van der Waals surface area contributed by atoms with E-state index in [1.165, 1.54) is 17.7 Å². The number of nitrogens with one attached hydrogen (secondary N) is 2. The Morgan fingerprint density at radius 2 is 2.00 bits per heavy atom.